The molecule has 132 valence electrons. The summed E-state index contributed by atoms with van der Waals surface area (Å²) in [6.45, 7) is 1.74. The Morgan fingerprint density at radius 2 is 2.15 bits per heavy atom. The quantitative estimate of drug-likeness (QED) is 0.555. The zero-order valence-corrected chi connectivity index (χ0v) is 14.7. The molecule has 0 radical (unpaired) electrons. The van der Waals surface area contributed by atoms with Crippen LogP contribution >= 0.6 is 11.3 Å². The Balaban J connectivity index is 1.86. The highest BCUT2D eigenvalue weighted by Crippen LogP contribution is 2.28. The molecule has 0 bridgehead atoms. The number of nitrogens with zero attached hydrogens (tertiary/aromatic N) is 4. The monoisotopic (exact) mass is 369 g/mol. The zero-order valence-electron chi connectivity index (χ0n) is 13.8. The van der Waals surface area contributed by atoms with Gasteiger partial charge in [-0.3, -0.25) is 4.79 Å². The summed E-state index contributed by atoms with van der Waals surface area (Å²) in [6, 6.07) is 9.12. The lowest BCUT2D eigenvalue weighted by Gasteiger charge is -2.04. The number of primary amides is 1. The van der Waals surface area contributed by atoms with Gasteiger partial charge in [0.1, 0.15) is 12.4 Å². The number of amides is 1. The van der Waals surface area contributed by atoms with E-state index in [-0.39, 0.29) is 13.0 Å². The molecule has 4 aromatic rings. The van der Waals surface area contributed by atoms with Gasteiger partial charge in [-0.2, -0.15) is 5.10 Å². The van der Waals surface area contributed by atoms with Crippen molar-refractivity contribution in [3.63, 3.8) is 0 Å². The van der Waals surface area contributed by atoms with Crippen LogP contribution in [-0.4, -0.2) is 30.8 Å². The number of nitrogens with two attached hydrogens (primary N) is 1. The van der Waals surface area contributed by atoms with E-state index in [2.05, 4.69) is 15.1 Å². The second kappa shape index (κ2) is 6.36. The van der Waals surface area contributed by atoms with Gasteiger partial charge in [-0.1, -0.05) is 0 Å². The molecule has 26 heavy (non-hydrogen) atoms. The van der Waals surface area contributed by atoms with E-state index < -0.39 is 5.91 Å². The Morgan fingerprint density at radius 1 is 1.31 bits per heavy atom. The number of furan rings is 1. The average Bonchev–Trinajstić information content (AvgIpc) is 3.29. The predicted octanol–water partition coefficient (Wildman–Crippen LogP) is 1.97. The number of fused-ring (bicyclic) bond motifs is 1. The van der Waals surface area contributed by atoms with Crippen LogP contribution in [0.15, 0.2) is 34.7 Å². The molecule has 0 unspecified atom stereocenters. The van der Waals surface area contributed by atoms with Gasteiger partial charge in [-0.15, -0.1) is 11.3 Å². The van der Waals surface area contributed by atoms with Gasteiger partial charge in [0.2, 0.25) is 5.91 Å². The van der Waals surface area contributed by atoms with E-state index in [0.717, 1.165) is 20.9 Å². The maximum Gasteiger partial charge on any atom is 0.225 e. The highest BCUT2D eigenvalue weighted by molar-refractivity contribution is 7.18. The van der Waals surface area contributed by atoms with Gasteiger partial charge in [0.15, 0.2) is 17.4 Å². The molecule has 0 aliphatic carbocycles. The molecule has 0 saturated heterocycles. The number of benzene rings is 1. The minimum Gasteiger partial charge on any atom is -0.455 e. The van der Waals surface area contributed by atoms with Crippen molar-refractivity contribution in [2.75, 3.05) is 0 Å². The molecule has 1 amide bonds. The van der Waals surface area contributed by atoms with Crippen LogP contribution in [-0.2, 0) is 17.8 Å². The van der Waals surface area contributed by atoms with Gasteiger partial charge in [-0.05, 0) is 37.3 Å². The SMILES string of the molecule is Cc1nc2ccc(-n3nc(CC(N)=O)nc3-c3ccc(CO)o3)cc2s1. The van der Waals surface area contributed by atoms with Crippen molar-refractivity contribution in [1.29, 1.82) is 0 Å². The fourth-order valence-electron chi connectivity index (χ4n) is 2.67. The molecule has 3 heterocycles. The first-order valence-corrected chi connectivity index (χ1v) is 8.67. The molecule has 1 aromatic carbocycles. The lowest BCUT2D eigenvalue weighted by molar-refractivity contribution is -0.117. The van der Waals surface area contributed by atoms with E-state index >= 15 is 0 Å². The van der Waals surface area contributed by atoms with Crippen LogP contribution in [0.5, 0.6) is 0 Å². The third kappa shape index (κ3) is 2.98. The van der Waals surface area contributed by atoms with Crippen LogP contribution in [0.2, 0.25) is 0 Å². The summed E-state index contributed by atoms with van der Waals surface area (Å²) in [4.78, 5) is 20.1. The Morgan fingerprint density at radius 3 is 2.88 bits per heavy atom. The normalized spacial score (nSPS) is 11.3. The number of rotatable bonds is 5. The van der Waals surface area contributed by atoms with Gasteiger partial charge >= 0.3 is 0 Å². The first-order chi connectivity index (χ1) is 12.5. The maximum absolute atomic E-state index is 11.3. The molecule has 0 saturated carbocycles. The van der Waals surface area contributed by atoms with Crippen molar-refractivity contribution >= 4 is 27.5 Å². The fourth-order valence-corrected chi connectivity index (χ4v) is 3.53. The van der Waals surface area contributed by atoms with E-state index in [0.29, 0.717) is 23.2 Å². The van der Waals surface area contributed by atoms with Crippen LogP contribution in [0.3, 0.4) is 0 Å². The second-order valence-corrected chi connectivity index (χ2v) is 6.95. The predicted molar refractivity (Wildman–Crippen MR) is 95.8 cm³/mol. The lowest BCUT2D eigenvalue weighted by Crippen LogP contribution is -2.14. The molecule has 3 N–H and O–H groups in total. The van der Waals surface area contributed by atoms with Crippen LogP contribution in [0.25, 0.3) is 27.5 Å². The Kier molecular flexibility index (Phi) is 4.02. The first-order valence-electron chi connectivity index (χ1n) is 7.85. The molecule has 4 rings (SSSR count). The van der Waals surface area contributed by atoms with E-state index in [4.69, 9.17) is 10.2 Å². The van der Waals surface area contributed by atoms with E-state index in [1.54, 1.807) is 28.2 Å². The van der Waals surface area contributed by atoms with Crippen molar-refractivity contribution in [3.8, 4) is 17.3 Å². The number of aliphatic hydroxyl groups is 1. The fraction of sp³-hybridized carbons (Fsp3) is 0.176. The number of hydrogen-bond acceptors (Lipinski definition) is 7. The number of thiazole rings is 1. The smallest absolute Gasteiger partial charge is 0.225 e. The number of aryl methyl sites for hydroxylation is 1. The van der Waals surface area contributed by atoms with Crippen molar-refractivity contribution in [2.45, 2.75) is 20.0 Å². The van der Waals surface area contributed by atoms with E-state index in [9.17, 15) is 9.90 Å². The third-order valence-corrected chi connectivity index (χ3v) is 4.68. The average molecular weight is 369 g/mol. The maximum atomic E-state index is 11.3. The van der Waals surface area contributed by atoms with Gasteiger partial charge < -0.3 is 15.3 Å². The highest BCUT2D eigenvalue weighted by atomic mass is 32.1. The summed E-state index contributed by atoms with van der Waals surface area (Å²) in [5.74, 6) is 1.08. The Hall–Kier alpha value is -3.04. The molecule has 0 aliphatic heterocycles. The Bertz CT molecular complexity index is 1110. The summed E-state index contributed by atoms with van der Waals surface area (Å²) in [7, 11) is 0. The molecular weight excluding hydrogens is 354 g/mol. The van der Waals surface area contributed by atoms with Crippen molar-refractivity contribution in [1.82, 2.24) is 19.7 Å². The summed E-state index contributed by atoms with van der Waals surface area (Å²) in [6.07, 6.45) is -0.0739. The molecule has 0 fully saturated rings. The Labute approximate surface area is 151 Å². The van der Waals surface area contributed by atoms with Gasteiger partial charge in [0.25, 0.3) is 0 Å². The minimum absolute atomic E-state index is 0.0739. The molecule has 0 spiro atoms. The van der Waals surface area contributed by atoms with Crippen molar-refractivity contribution in [2.24, 2.45) is 5.73 Å². The molecular formula is C17H15N5O3S. The largest absolute Gasteiger partial charge is 0.455 e. The summed E-state index contributed by atoms with van der Waals surface area (Å²) >= 11 is 1.58. The van der Waals surface area contributed by atoms with Crippen LogP contribution in [0, 0.1) is 6.92 Å². The number of carbonyl (C=O) groups excluding carboxylic acids is 1. The second-order valence-electron chi connectivity index (χ2n) is 5.72. The number of aromatic nitrogens is 4. The van der Waals surface area contributed by atoms with Crippen molar-refractivity contribution in [3.05, 3.63) is 46.9 Å². The topological polar surface area (TPSA) is 120 Å². The number of aliphatic hydroxyl groups excluding tert-OH is 1. The molecule has 0 atom stereocenters. The van der Waals surface area contributed by atoms with Crippen LogP contribution in [0.1, 0.15) is 16.6 Å². The summed E-state index contributed by atoms with van der Waals surface area (Å²) < 4.78 is 8.22. The van der Waals surface area contributed by atoms with Crippen LogP contribution < -0.4 is 5.73 Å². The van der Waals surface area contributed by atoms with Crippen molar-refractivity contribution < 1.29 is 14.3 Å². The van der Waals surface area contributed by atoms with E-state index in [1.165, 1.54) is 0 Å². The van der Waals surface area contributed by atoms with Gasteiger partial charge in [0.05, 0.1) is 27.3 Å². The zero-order chi connectivity index (χ0) is 18.3. The number of carbonyl (C=O) groups is 1. The summed E-state index contributed by atoms with van der Waals surface area (Å²) in [5, 5.41) is 14.6. The number of hydrogen-bond donors (Lipinski definition) is 2. The standard InChI is InChI=1S/C17H15N5O3S/c1-9-19-12-4-2-10(6-14(12)26-9)22-17(13-5-3-11(8-23)25-13)20-16(21-22)7-15(18)24/h2-6,23H,7-8H2,1H3,(H2,18,24). The van der Waals surface area contributed by atoms with Gasteiger partial charge in [0, 0.05) is 0 Å². The van der Waals surface area contributed by atoms with Gasteiger partial charge in [-0.25, -0.2) is 14.6 Å². The summed E-state index contributed by atoms with van der Waals surface area (Å²) in [5.41, 5.74) is 6.95. The van der Waals surface area contributed by atoms with Crippen LogP contribution in [0.4, 0.5) is 0 Å². The highest BCUT2D eigenvalue weighted by Gasteiger charge is 2.18. The first kappa shape index (κ1) is 16.4. The van der Waals surface area contributed by atoms with E-state index in [1.807, 2.05) is 25.1 Å². The molecule has 9 heteroatoms. The molecule has 8 nitrogen and oxygen atoms in total. The third-order valence-electron chi connectivity index (χ3n) is 3.74. The lowest BCUT2D eigenvalue weighted by atomic mass is 10.3. The minimum atomic E-state index is -0.516. The molecule has 0 aliphatic rings. The molecule has 3 aromatic heterocycles.